The molecule has 1 atom stereocenters. The zero-order valence-electron chi connectivity index (χ0n) is 25.5. The van der Waals surface area contributed by atoms with Gasteiger partial charge in [0.1, 0.15) is 0 Å². The Morgan fingerprint density at radius 2 is 0.895 bits per heavy atom. The van der Waals surface area contributed by atoms with Crippen molar-refractivity contribution in [2.45, 2.75) is 128 Å². The molecule has 1 aromatic rings. The first-order valence-electron chi connectivity index (χ1n) is 15.7. The second-order valence-electron chi connectivity index (χ2n) is 11.1. The normalized spacial score (nSPS) is 12.4. The zero-order valence-corrected chi connectivity index (χ0v) is 27.3. The maximum atomic E-state index is 5.51. The molecule has 0 aliphatic rings. The summed E-state index contributed by atoms with van der Waals surface area (Å²) in [6, 6.07) is 11.8. The monoisotopic (exact) mass is 571 g/mol. The lowest BCUT2D eigenvalue weighted by Crippen LogP contribution is -3.09. The van der Waals surface area contributed by atoms with Crippen LogP contribution in [0.2, 0.25) is 6.04 Å². The van der Waals surface area contributed by atoms with E-state index >= 15 is 0 Å². The van der Waals surface area contributed by atoms with Crippen LogP contribution in [0.3, 0.4) is 0 Å². The van der Waals surface area contributed by atoms with Crippen LogP contribution < -0.4 is 17.3 Å². The van der Waals surface area contributed by atoms with Crippen LogP contribution in [0.15, 0.2) is 30.3 Å². The number of unbranched alkanes of at least 4 members (excludes halogenated alkanes) is 16. The van der Waals surface area contributed by atoms with Crippen LogP contribution in [0.25, 0.3) is 0 Å². The molecular formula is C32H62ClNO3Si. The van der Waals surface area contributed by atoms with Crippen molar-refractivity contribution in [1.29, 1.82) is 0 Å². The summed E-state index contributed by atoms with van der Waals surface area (Å²) in [5, 5.41) is 0. The fourth-order valence-electron chi connectivity index (χ4n) is 5.34. The molecule has 0 heterocycles. The predicted molar refractivity (Wildman–Crippen MR) is 161 cm³/mol. The fraction of sp³-hybridized carbons (Fsp3) is 0.812. The molecule has 0 aliphatic heterocycles. The van der Waals surface area contributed by atoms with E-state index in [0.717, 1.165) is 12.5 Å². The number of nitrogens with one attached hydrogen (secondary N) is 1. The van der Waals surface area contributed by atoms with Gasteiger partial charge >= 0.3 is 8.80 Å². The average Bonchev–Trinajstić information content (AvgIpc) is 2.93. The standard InChI is InChI=1S/C32H61NO3Si.ClH/c1-33(30-25-31-37(34-2,35-3)36-4)29-24-19-17-15-13-11-9-7-5-6-8-10-12-14-16-18-21-26-32-27-22-20-23-28-32;/h20,22-23,27-28H,5-19,21,24-26,29-31H2,1-4H3;1H. The Balaban J connectivity index is 0.0000137. The van der Waals surface area contributed by atoms with E-state index in [1.165, 1.54) is 134 Å². The molecule has 0 aromatic heterocycles. The predicted octanol–water partition coefficient (Wildman–Crippen LogP) is 4.65. The van der Waals surface area contributed by atoms with Crippen LogP contribution in [0.5, 0.6) is 0 Å². The maximum absolute atomic E-state index is 5.51. The minimum absolute atomic E-state index is 0. The van der Waals surface area contributed by atoms with E-state index in [2.05, 4.69) is 37.4 Å². The van der Waals surface area contributed by atoms with Crippen molar-refractivity contribution in [2.75, 3.05) is 41.5 Å². The molecule has 0 bridgehead atoms. The van der Waals surface area contributed by atoms with Gasteiger partial charge in [0, 0.05) is 33.8 Å². The number of hydrogen-bond acceptors (Lipinski definition) is 3. The van der Waals surface area contributed by atoms with Crippen LogP contribution in [0, 0.1) is 0 Å². The molecule has 6 heteroatoms. The van der Waals surface area contributed by atoms with Gasteiger partial charge in [0.2, 0.25) is 0 Å². The minimum Gasteiger partial charge on any atom is -1.00 e. The third kappa shape index (κ3) is 20.5. The summed E-state index contributed by atoms with van der Waals surface area (Å²) in [5.74, 6) is 0. The fourth-order valence-corrected chi connectivity index (χ4v) is 7.06. The summed E-state index contributed by atoms with van der Waals surface area (Å²) in [4.78, 5) is 1.62. The van der Waals surface area contributed by atoms with Crippen molar-refractivity contribution in [2.24, 2.45) is 0 Å². The lowest BCUT2D eigenvalue weighted by atomic mass is 10.0. The highest BCUT2D eigenvalue weighted by Gasteiger charge is 2.37. The molecule has 4 nitrogen and oxygen atoms in total. The van der Waals surface area contributed by atoms with Crippen molar-refractivity contribution in [1.82, 2.24) is 0 Å². The SMILES string of the molecule is CO[Si](CCC[NH+](C)CCCCCCCCCCCCCCCCCCCc1ccccc1)(OC)OC.[Cl-]. The highest BCUT2D eigenvalue weighted by atomic mass is 35.5. The largest absolute Gasteiger partial charge is 1.00 e. The molecule has 0 fully saturated rings. The van der Waals surface area contributed by atoms with E-state index in [1.807, 2.05) is 0 Å². The van der Waals surface area contributed by atoms with Crippen LogP contribution in [-0.4, -0.2) is 50.3 Å². The third-order valence-electron chi connectivity index (χ3n) is 7.93. The quantitative estimate of drug-likeness (QED) is 0.123. The molecule has 1 rings (SSSR count). The Morgan fingerprint density at radius 1 is 0.526 bits per heavy atom. The van der Waals surface area contributed by atoms with Crippen molar-refractivity contribution in [3.8, 4) is 0 Å². The van der Waals surface area contributed by atoms with Crippen molar-refractivity contribution >= 4 is 8.80 Å². The van der Waals surface area contributed by atoms with Gasteiger partial charge in [-0.2, -0.15) is 0 Å². The van der Waals surface area contributed by atoms with Gasteiger partial charge < -0.3 is 30.6 Å². The minimum atomic E-state index is -2.39. The van der Waals surface area contributed by atoms with E-state index in [1.54, 1.807) is 26.2 Å². The van der Waals surface area contributed by atoms with Gasteiger partial charge in [-0.05, 0) is 31.2 Å². The number of halogens is 1. The van der Waals surface area contributed by atoms with E-state index in [4.69, 9.17) is 13.3 Å². The molecule has 38 heavy (non-hydrogen) atoms. The Morgan fingerprint density at radius 3 is 1.32 bits per heavy atom. The Bertz CT molecular complexity index is 595. The van der Waals surface area contributed by atoms with Crippen molar-refractivity contribution in [3.63, 3.8) is 0 Å². The molecule has 1 N–H and O–H groups in total. The van der Waals surface area contributed by atoms with E-state index in [0.29, 0.717) is 0 Å². The maximum Gasteiger partial charge on any atom is 0.500 e. The molecule has 0 spiro atoms. The van der Waals surface area contributed by atoms with Gasteiger partial charge in [-0.15, -0.1) is 0 Å². The van der Waals surface area contributed by atoms with Crippen LogP contribution in [0.1, 0.15) is 121 Å². The third-order valence-corrected chi connectivity index (χ3v) is 10.8. The molecule has 0 radical (unpaired) electrons. The Hall–Kier alpha value is -0.433. The lowest BCUT2D eigenvalue weighted by molar-refractivity contribution is -0.879. The molecule has 1 aromatic carbocycles. The van der Waals surface area contributed by atoms with Gasteiger partial charge in [-0.1, -0.05) is 120 Å². The second kappa shape index (κ2) is 26.8. The van der Waals surface area contributed by atoms with E-state index in [-0.39, 0.29) is 12.4 Å². The Labute approximate surface area is 244 Å². The lowest BCUT2D eigenvalue weighted by Gasteiger charge is -2.24. The zero-order chi connectivity index (χ0) is 26.9. The van der Waals surface area contributed by atoms with Gasteiger partial charge in [0.05, 0.1) is 20.1 Å². The topological polar surface area (TPSA) is 32.1 Å². The van der Waals surface area contributed by atoms with Crippen molar-refractivity contribution in [3.05, 3.63) is 35.9 Å². The number of quaternary nitrogens is 1. The molecule has 0 saturated heterocycles. The van der Waals surface area contributed by atoms with E-state index < -0.39 is 8.80 Å². The van der Waals surface area contributed by atoms with Gasteiger partial charge in [0.15, 0.2) is 0 Å². The number of aryl methyl sites for hydroxylation is 1. The van der Waals surface area contributed by atoms with E-state index in [9.17, 15) is 0 Å². The highest BCUT2D eigenvalue weighted by Crippen LogP contribution is 2.15. The molecule has 224 valence electrons. The summed E-state index contributed by atoms with van der Waals surface area (Å²) in [6.07, 6.45) is 26.6. The van der Waals surface area contributed by atoms with Gasteiger partial charge in [-0.25, -0.2) is 0 Å². The molecule has 0 aliphatic carbocycles. The summed E-state index contributed by atoms with van der Waals surface area (Å²) in [7, 11) is 5.03. The van der Waals surface area contributed by atoms with Crippen molar-refractivity contribution < 1.29 is 30.6 Å². The highest BCUT2D eigenvalue weighted by molar-refractivity contribution is 6.60. The Kier molecular flexibility index (Phi) is 26.5. The number of rotatable bonds is 27. The van der Waals surface area contributed by atoms with Crippen LogP contribution in [0.4, 0.5) is 0 Å². The summed E-state index contributed by atoms with van der Waals surface area (Å²) in [5.41, 5.74) is 1.50. The van der Waals surface area contributed by atoms with Crippen LogP contribution in [-0.2, 0) is 19.7 Å². The molecule has 0 amide bonds. The summed E-state index contributed by atoms with van der Waals surface area (Å²) in [6.45, 7) is 2.44. The van der Waals surface area contributed by atoms with Gasteiger partial charge in [-0.3, -0.25) is 0 Å². The molecular weight excluding hydrogens is 510 g/mol. The first kappa shape index (κ1) is 37.6. The molecule has 0 saturated carbocycles. The first-order valence-corrected chi connectivity index (χ1v) is 17.6. The number of hydrogen-bond donors (Lipinski definition) is 1. The van der Waals surface area contributed by atoms with Gasteiger partial charge in [0.25, 0.3) is 0 Å². The number of benzene rings is 1. The van der Waals surface area contributed by atoms with Crippen LogP contribution >= 0.6 is 0 Å². The average molecular weight is 572 g/mol. The first-order chi connectivity index (χ1) is 18.2. The second-order valence-corrected chi connectivity index (χ2v) is 14.2. The molecule has 1 unspecified atom stereocenters. The summed E-state index contributed by atoms with van der Waals surface area (Å²) < 4.78 is 16.5. The summed E-state index contributed by atoms with van der Waals surface area (Å²) >= 11 is 0. The smallest absolute Gasteiger partial charge is 0.500 e.